The van der Waals surface area contributed by atoms with Crippen LogP contribution in [0.5, 0.6) is 0 Å². The molecule has 1 aliphatic heterocycles. The summed E-state index contributed by atoms with van der Waals surface area (Å²) >= 11 is 0. The largest absolute Gasteiger partial charge is 0.306 e. The highest BCUT2D eigenvalue weighted by molar-refractivity contribution is 5.80. The summed E-state index contributed by atoms with van der Waals surface area (Å²) in [7, 11) is 2.21. The van der Waals surface area contributed by atoms with E-state index in [2.05, 4.69) is 65.6 Å². The van der Waals surface area contributed by atoms with Gasteiger partial charge in [0.05, 0.1) is 17.4 Å². The van der Waals surface area contributed by atoms with Crippen molar-refractivity contribution in [2.75, 3.05) is 20.1 Å². The van der Waals surface area contributed by atoms with Crippen molar-refractivity contribution in [1.29, 1.82) is 0 Å². The minimum Gasteiger partial charge on any atom is -0.306 e. The summed E-state index contributed by atoms with van der Waals surface area (Å²) in [4.78, 5) is 2.42. The van der Waals surface area contributed by atoms with Crippen LogP contribution in [0.2, 0.25) is 0 Å². The molecule has 1 fully saturated rings. The van der Waals surface area contributed by atoms with Crippen LogP contribution in [-0.2, 0) is 0 Å². The molecule has 3 heteroatoms. The molecule has 22 heavy (non-hydrogen) atoms. The van der Waals surface area contributed by atoms with Gasteiger partial charge in [-0.25, -0.2) is 4.68 Å². The Morgan fingerprint density at radius 3 is 2.68 bits per heavy atom. The lowest BCUT2D eigenvalue weighted by Crippen LogP contribution is -2.29. The predicted molar refractivity (Wildman–Crippen MR) is 90.5 cm³/mol. The molecule has 112 valence electrons. The van der Waals surface area contributed by atoms with E-state index < -0.39 is 0 Å². The van der Waals surface area contributed by atoms with Crippen molar-refractivity contribution in [3.63, 3.8) is 0 Å². The standard InChI is InChI=1S/C19H21N3/c1-21-11-9-15(10-12-21)16-6-4-7-18(13-16)22-19-8-3-2-5-17(19)14-20-22/h2-8,13-15H,9-12H2,1H3. The third-order valence-electron chi connectivity index (χ3n) is 4.78. The average molecular weight is 291 g/mol. The van der Waals surface area contributed by atoms with E-state index in [0.29, 0.717) is 5.92 Å². The van der Waals surface area contributed by atoms with Crippen molar-refractivity contribution in [1.82, 2.24) is 14.7 Å². The van der Waals surface area contributed by atoms with Gasteiger partial charge in [-0.3, -0.25) is 0 Å². The van der Waals surface area contributed by atoms with Crippen LogP contribution in [0.15, 0.2) is 54.7 Å². The van der Waals surface area contributed by atoms with Gasteiger partial charge in [0, 0.05) is 5.39 Å². The van der Waals surface area contributed by atoms with Crippen LogP contribution in [0.1, 0.15) is 24.3 Å². The summed E-state index contributed by atoms with van der Waals surface area (Å²) in [5.41, 5.74) is 3.78. The Morgan fingerprint density at radius 1 is 1.00 bits per heavy atom. The second-order valence-electron chi connectivity index (χ2n) is 6.29. The first-order chi connectivity index (χ1) is 10.8. The number of hydrogen-bond acceptors (Lipinski definition) is 2. The zero-order valence-electron chi connectivity index (χ0n) is 12.9. The molecule has 0 atom stereocenters. The number of nitrogens with zero attached hydrogens (tertiary/aromatic N) is 3. The molecule has 0 radical (unpaired) electrons. The van der Waals surface area contributed by atoms with E-state index in [9.17, 15) is 0 Å². The Balaban J connectivity index is 1.70. The maximum atomic E-state index is 4.57. The van der Waals surface area contributed by atoms with E-state index in [4.69, 9.17) is 0 Å². The van der Waals surface area contributed by atoms with E-state index in [0.717, 1.165) is 5.69 Å². The summed E-state index contributed by atoms with van der Waals surface area (Å²) in [6.07, 6.45) is 4.44. The van der Waals surface area contributed by atoms with Gasteiger partial charge in [-0.05, 0) is 62.7 Å². The number of piperidine rings is 1. The first-order valence-electron chi connectivity index (χ1n) is 8.03. The van der Waals surface area contributed by atoms with E-state index in [1.807, 2.05) is 10.9 Å². The monoisotopic (exact) mass is 291 g/mol. The summed E-state index contributed by atoms with van der Waals surface area (Å²) in [5.74, 6) is 0.679. The topological polar surface area (TPSA) is 21.1 Å². The van der Waals surface area contributed by atoms with Gasteiger partial charge in [0.2, 0.25) is 0 Å². The fourth-order valence-corrected chi connectivity index (χ4v) is 3.43. The molecular weight excluding hydrogens is 270 g/mol. The maximum Gasteiger partial charge on any atom is 0.0741 e. The van der Waals surface area contributed by atoms with Crippen LogP contribution in [0.25, 0.3) is 16.6 Å². The molecule has 0 bridgehead atoms. The van der Waals surface area contributed by atoms with Crippen molar-refractivity contribution < 1.29 is 0 Å². The maximum absolute atomic E-state index is 4.57. The Bertz CT molecular complexity index is 782. The fourth-order valence-electron chi connectivity index (χ4n) is 3.43. The molecule has 0 N–H and O–H groups in total. The van der Waals surface area contributed by atoms with Crippen molar-refractivity contribution in [2.45, 2.75) is 18.8 Å². The molecular formula is C19H21N3. The fraction of sp³-hybridized carbons (Fsp3) is 0.316. The zero-order chi connectivity index (χ0) is 14.9. The number of rotatable bonds is 2. The Kier molecular flexibility index (Phi) is 3.43. The highest BCUT2D eigenvalue weighted by atomic mass is 15.3. The molecule has 4 rings (SSSR count). The van der Waals surface area contributed by atoms with Crippen LogP contribution in [0.3, 0.4) is 0 Å². The zero-order valence-corrected chi connectivity index (χ0v) is 12.9. The highest BCUT2D eigenvalue weighted by Crippen LogP contribution is 2.29. The molecule has 0 aliphatic carbocycles. The number of hydrogen-bond donors (Lipinski definition) is 0. The van der Waals surface area contributed by atoms with Crippen molar-refractivity contribution >= 4 is 10.9 Å². The quantitative estimate of drug-likeness (QED) is 0.715. The lowest BCUT2D eigenvalue weighted by Gasteiger charge is -2.29. The Morgan fingerprint density at radius 2 is 1.82 bits per heavy atom. The van der Waals surface area contributed by atoms with Gasteiger partial charge in [-0.15, -0.1) is 0 Å². The van der Waals surface area contributed by atoms with Crippen molar-refractivity contribution in [3.8, 4) is 5.69 Å². The van der Waals surface area contributed by atoms with Gasteiger partial charge in [0.15, 0.2) is 0 Å². The minimum atomic E-state index is 0.679. The van der Waals surface area contributed by atoms with E-state index in [-0.39, 0.29) is 0 Å². The third-order valence-corrected chi connectivity index (χ3v) is 4.78. The summed E-state index contributed by atoms with van der Waals surface area (Å²) in [6, 6.07) is 17.3. The van der Waals surface area contributed by atoms with Crippen LogP contribution >= 0.6 is 0 Å². The average Bonchev–Trinajstić information content (AvgIpc) is 3.00. The van der Waals surface area contributed by atoms with Gasteiger partial charge in [0.25, 0.3) is 0 Å². The number of aromatic nitrogens is 2. The van der Waals surface area contributed by atoms with Crippen LogP contribution in [-0.4, -0.2) is 34.8 Å². The first kappa shape index (κ1) is 13.5. The number of benzene rings is 2. The number of fused-ring (bicyclic) bond motifs is 1. The molecule has 1 aliphatic rings. The predicted octanol–water partition coefficient (Wildman–Crippen LogP) is 3.83. The molecule has 0 amide bonds. The normalized spacial score (nSPS) is 17.1. The van der Waals surface area contributed by atoms with Crippen molar-refractivity contribution in [2.24, 2.45) is 0 Å². The second-order valence-corrected chi connectivity index (χ2v) is 6.29. The summed E-state index contributed by atoms with van der Waals surface area (Å²) < 4.78 is 2.05. The van der Waals surface area contributed by atoms with Crippen molar-refractivity contribution in [3.05, 3.63) is 60.3 Å². The van der Waals surface area contributed by atoms with E-state index >= 15 is 0 Å². The number of para-hydroxylation sites is 1. The van der Waals surface area contributed by atoms with Crippen LogP contribution < -0.4 is 0 Å². The van der Waals surface area contributed by atoms with E-state index in [1.165, 1.54) is 42.4 Å². The van der Waals surface area contributed by atoms with Gasteiger partial charge in [-0.1, -0.05) is 30.3 Å². The molecule has 3 aromatic rings. The summed E-state index contributed by atoms with van der Waals surface area (Å²) in [6.45, 7) is 2.39. The smallest absolute Gasteiger partial charge is 0.0741 e. The Hall–Kier alpha value is -2.13. The molecule has 1 saturated heterocycles. The molecule has 0 unspecified atom stereocenters. The molecule has 0 spiro atoms. The van der Waals surface area contributed by atoms with Gasteiger partial charge in [0.1, 0.15) is 0 Å². The van der Waals surface area contributed by atoms with Crippen LogP contribution in [0.4, 0.5) is 0 Å². The van der Waals surface area contributed by atoms with Gasteiger partial charge < -0.3 is 4.90 Å². The molecule has 3 nitrogen and oxygen atoms in total. The highest BCUT2D eigenvalue weighted by Gasteiger charge is 2.18. The van der Waals surface area contributed by atoms with E-state index in [1.54, 1.807) is 0 Å². The van der Waals surface area contributed by atoms with Gasteiger partial charge in [-0.2, -0.15) is 5.10 Å². The lowest BCUT2D eigenvalue weighted by molar-refractivity contribution is 0.255. The summed E-state index contributed by atoms with van der Waals surface area (Å²) in [5, 5.41) is 5.76. The third kappa shape index (κ3) is 2.42. The molecule has 2 aromatic carbocycles. The number of likely N-dealkylation sites (tertiary alicyclic amines) is 1. The van der Waals surface area contributed by atoms with Crippen LogP contribution in [0, 0.1) is 0 Å². The second kappa shape index (κ2) is 5.58. The van der Waals surface area contributed by atoms with Gasteiger partial charge >= 0.3 is 0 Å². The molecule has 2 heterocycles. The minimum absolute atomic E-state index is 0.679. The molecule has 1 aromatic heterocycles. The Labute approximate surface area is 131 Å². The molecule has 0 saturated carbocycles. The first-order valence-corrected chi connectivity index (χ1v) is 8.03. The lowest BCUT2D eigenvalue weighted by atomic mass is 9.89. The SMILES string of the molecule is CN1CCC(c2cccc(-n3ncc4ccccc43)c2)CC1.